The van der Waals surface area contributed by atoms with Crippen LogP contribution in [0.1, 0.15) is 84.4 Å². The summed E-state index contributed by atoms with van der Waals surface area (Å²) in [4.78, 5) is 47.4. The maximum atomic E-state index is 12.8. The summed E-state index contributed by atoms with van der Waals surface area (Å²) in [6.07, 6.45) is -0.698. The van der Waals surface area contributed by atoms with Gasteiger partial charge in [-0.1, -0.05) is 40.7 Å². The molecule has 9 nitrogen and oxygen atoms in total. The van der Waals surface area contributed by atoms with Gasteiger partial charge in [-0.25, -0.2) is 0 Å². The second kappa shape index (κ2) is 14.8. The van der Waals surface area contributed by atoms with Crippen LogP contribution in [0.3, 0.4) is 0 Å². The lowest BCUT2D eigenvalue weighted by Gasteiger charge is -2.37. The SMILES string of the molecule is CC(=O)OCC(COC(C)=O)OC(=O)CCC(=O)Oc1cc(C)cc(C)c1C(C)(C)CCO[Si](C)(C)C(C)(C)C. The average molecular weight is 581 g/mol. The summed E-state index contributed by atoms with van der Waals surface area (Å²) in [6.45, 7) is 21.7. The van der Waals surface area contributed by atoms with Gasteiger partial charge in [0.25, 0.3) is 0 Å². The molecular formula is C30H48O9Si. The summed E-state index contributed by atoms with van der Waals surface area (Å²) in [5.74, 6) is -1.94. The number of carbonyl (C=O) groups excluding carboxylic acids is 4. The van der Waals surface area contributed by atoms with Gasteiger partial charge >= 0.3 is 23.9 Å². The molecule has 40 heavy (non-hydrogen) atoms. The zero-order valence-electron chi connectivity index (χ0n) is 26.1. The summed E-state index contributed by atoms with van der Waals surface area (Å²) in [5, 5.41) is 0.111. The van der Waals surface area contributed by atoms with Crippen LogP contribution in [0.15, 0.2) is 12.1 Å². The molecule has 1 aromatic rings. The van der Waals surface area contributed by atoms with Gasteiger partial charge in [0.15, 0.2) is 14.4 Å². The molecule has 10 heteroatoms. The predicted octanol–water partition coefficient (Wildman–Crippen LogP) is 5.72. The molecule has 0 spiro atoms. The van der Waals surface area contributed by atoms with Crippen molar-refractivity contribution in [2.45, 2.75) is 111 Å². The predicted molar refractivity (Wildman–Crippen MR) is 155 cm³/mol. The van der Waals surface area contributed by atoms with Crippen LogP contribution < -0.4 is 4.74 Å². The molecule has 0 atom stereocenters. The first-order valence-electron chi connectivity index (χ1n) is 13.7. The van der Waals surface area contributed by atoms with Crippen LogP contribution in [0.25, 0.3) is 0 Å². The van der Waals surface area contributed by atoms with Gasteiger partial charge in [-0.15, -0.1) is 0 Å². The van der Waals surface area contributed by atoms with E-state index in [2.05, 4.69) is 53.8 Å². The van der Waals surface area contributed by atoms with Crippen molar-refractivity contribution in [2.75, 3.05) is 19.8 Å². The average Bonchev–Trinajstić information content (AvgIpc) is 2.77. The molecule has 0 bridgehead atoms. The smallest absolute Gasteiger partial charge is 0.311 e. The largest absolute Gasteiger partial charge is 0.462 e. The third-order valence-electron chi connectivity index (χ3n) is 7.12. The third-order valence-corrected chi connectivity index (χ3v) is 11.7. The number of hydrogen-bond donors (Lipinski definition) is 0. The zero-order chi connectivity index (χ0) is 30.9. The summed E-state index contributed by atoms with van der Waals surface area (Å²) in [5.41, 5.74) is 2.56. The lowest BCUT2D eigenvalue weighted by Crippen LogP contribution is -2.41. The van der Waals surface area contributed by atoms with Crippen LogP contribution in [0.2, 0.25) is 18.1 Å². The van der Waals surface area contributed by atoms with Gasteiger partial charge in [0.2, 0.25) is 0 Å². The number of rotatable bonds is 14. The summed E-state index contributed by atoms with van der Waals surface area (Å²) < 4.78 is 27.2. The second-order valence-corrected chi connectivity index (χ2v) is 17.2. The van der Waals surface area contributed by atoms with E-state index in [1.54, 1.807) is 0 Å². The van der Waals surface area contributed by atoms with Gasteiger partial charge < -0.3 is 23.4 Å². The first kappa shape index (κ1) is 35.3. The number of benzene rings is 1. The van der Waals surface area contributed by atoms with E-state index in [0.717, 1.165) is 23.1 Å². The van der Waals surface area contributed by atoms with Gasteiger partial charge in [-0.05, 0) is 61.0 Å². The van der Waals surface area contributed by atoms with E-state index in [4.69, 9.17) is 23.4 Å². The van der Waals surface area contributed by atoms with Crippen molar-refractivity contribution in [3.8, 4) is 5.75 Å². The maximum Gasteiger partial charge on any atom is 0.311 e. The molecule has 0 amide bonds. The number of esters is 4. The van der Waals surface area contributed by atoms with E-state index in [-0.39, 0.29) is 36.5 Å². The van der Waals surface area contributed by atoms with Crippen LogP contribution in [0.4, 0.5) is 0 Å². The van der Waals surface area contributed by atoms with Crippen LogP contribution in [-0.2, 0) is 43.2 Å². The van der Waals surface area contributed by atoms with Gasteiger partial charge in [0, 0.05) is 26.0 Å². The van der Waals surface area contributed by atoms with Crippen LogP contribution in [0, 0.1) is 13.8 Å². The maximum absolute atomic E-state index is 12.8. The Kier molecular flexibility index (Phi) is 13.0. The first-order chi connectivity index (χ1) is 18.2. The van der Waals surface area contributed by atoms with Gasteiger partial charge in [0.1, 0.15) is 19.0 Å². The van der Waals surface area contributed by atoms with Gasteiger partial charge in [-0.2, -0.15) is 0 Å². The summed E-state index contributed by atoms with van der Waals surface area (Å²) in [7, 11) is -1.90. The van der Waals surface area contributed by atoms with E-state index in [9.17, 15) is 19.2 Å². The Labute approximate surface area is 240 Å². The fraction of sp³-hybridized carbons (Fsp3) is 0.667. The monoisotopic (exact) mass is 580 g/mol. The minimum atomic E-state index is -1.90. The molecule has 1 aromatic carbocycles. The Balaban J connectivity index is 2.90. The molecule has 0 heterocycles. The van der Waals surface area contributed by atoms with Crippen molar-refractivity contribution in [3.05, 3.63) is 28.8 Å². The van der Waals surface area contributed by atoms with Gasteiger partial charge in [-0.3, -0.25) is 19.2 Å². The van der Waals surface area contributed by atoms with Crippen LogP contribution >= 0.6 is 0 Å². The summed E-state index contributed by atoms with van der Waals surface area (Å²) in [6, 6.07) is 3.90. The van der Waals surface area contributed by atoms with E-state index in [1.807, 2.05) is 19.9 Å². The molecule has 226 valence electrons. The molecule has 0 saturated carbocycles. The molecule has 0 aromatic heterocycles. The standard InChI is InChI=1S/C30H48O9Si/c1-20-16-21(2)28(30(8,9)14-15-37-40(10,11)29(5,6)7)25(17-20)39-27(34)13-12-26(33)38-24(18-35-22(3)31)19-36-23(4)32/h16-17,24H,12-15,18-19H2,1-11H3. The highest BCUT2D eigenvalue weighted by Gasteiger charge is 2.38. The lowest BCUT2D eigenvalue weighted by atomic mass is 9.78. The molecule has 0 aliphatic carbocycles. The Bertz CT molecular complexity index is 1040. The van der Waals surface area contributed by atoms with Crippen molar-refractivity contribution in [1.29, 1.82) is 0 Å². The summed E-state index contributed by atoms with van der Waals surface area (Å²) >= 11 is 0. The van der Waals surface area contributed by atoms with E-state index < -0.39 is 38.3 Å². The van der Waals surface area contributed by atoms with Gasteiger partial charge in [0.05, 0.1) is 12.8 Å². The van der Waals surface area contributed by atoms with Crippen molar-refractivity contribution < 1.29 is 42.6 Å². The second-order valence-electron chi connectivity index (χ2n) is 12.4. The number of carbonyl (C=O) groups is 4. The molecule has 0 radical (unpaired) electrons. The topological polar surface area (TPSA) is 114 Å². The molecule has 0 N–H and O–H groups in total. The molecule has 0 aliphatic rings. The highest BCUT2D eigenvalue weighted by molar-refractivity contribution is 6.74. The van der Waals surface area contributed by atoms with Crippen molar-refractivity contribution in [1.82, 2.24) is 0 Å². The minimum Gasteiger partial charge on any atom is -0.462 e. The number of aryl methyl sites for hydroxylation is 2. The Morgan fingerprint density at radius 1 is 0.850 bits per heavy atom. The quantitative estimate of drug-likeness (QED) is 0.118. The third kappa shape index (κ3) is 11.8. The molecule has 0 aliphatic heterocycles. The lowest BCUT2D eigenvalue weighted by molar-refractivity contribution is -0.165. The fourth-order valence-corrected chi connectivity index (χ4v) is 4.98. The van der Waals surface area contributed by atoms with Crippen molar-refractivity contribution in [2.24, 2.45) is 0 Å². The molecule has 0 unspecified atom stereocenters. The molecular weight excluding hydrogens is 532 g/mol. The highest BCUT2D eigenvalue weighted by atomic mass is 28.4. The van der Waals surface area contributed by atoms with Crippen LogP contribution in [-0.4, -0.2) is 58.1 Å². The van der Waals surface area contributed by atoms with Crippen LogP contribution in [0.5, 0.6) is 5.75 Å². The highest BCUT2D eigenvalue weighted by Crippen LogP contribution is 2.40. The molecule has 1 rings (SSSR count). The van der Waals surface area contributed by atoms with Crippen molar-refractivity contribution in [3.63, 3.8) is 0 Å². The van der Waals surface area contributed by atoms with E-state index in [0.29, 0.717) is 12.4 Å². The first-order valence-corrected chi connectivity index (χ1v) is 16.6. The molecule has 0 fully saturated rings. The zero-order valence-corrected chi connectivity index (χ0v) is 27.1. The Morgan fingerprint density at radius 3 is 1.88 bits per heavy atom. The van der Waals surface area contributed by atoms with Crippen molar-refractivity contribution >= 4 is 32.2 Å². The molecule has 0 saturated heterocycles. The fourth-order valence-electron chi connectivity index (χ4n) is 3.94. The number of ether oxygens (including phenoxy) is 4. The minimum absolute atomic E-state index is 0.111. The normalized spacial score (nSPS) is 12.2. The Morgan fingerprint density at radius 2 is 1.38 bits per heavy atom. The number of hydrogen-bond acceptors (Lipinski definition) is 9. The Hall–Kier alpha value is -2.72. The van der Waals surface area contributed by atoms with E-state index >= 15 is 0 Å². The van der Waals surface area contributed by atoms with E-state index in [1.165, 1.54) is 13.8 Å².